The van der Waals surface area contributed by atoms with E-state index in [0.717, 1.165) is 12.3 Å². The molecule has 7 N–H and O–H groups in total. The van der Waals surface area contributed by atoms with E-state index in [1.807, 2.05) is 0 Å². The van der Waals surface area contributed by atoms with Gasteiger partial charge in [0.2, 0.25) is 0 Å². The largest absolute Gasteiger partial charge is 0.490 e. The number of hydrogen-bond acceptors (Lipinski definition) is 11. The number of phosphoric ester groups is 1. The minimum Gasteiger partial charge on any atom is -0.387 e. The second-order valence-electron chi connectivity index (χ2n) is 6.00. The number of aromatic nitrogens is 2. The summed E-state index contributed by atoms with van der Waals surface area (Å²) >= 11 is 2.90. The number of nitrogens with two attached hydrogens (primary N) is 1. The van der Waals surface area contributed by atoms with Gasteiger partial charge in [-0.3, -0.25) is 9.09 Å². The standard InChI is InChI=1S/C10H16BrFN3O13P3/c11-3-10(4-25-30(21,22)28-31(23,24)27-29(18,19)20)7(16)6(12)8(26-10)15-2-1-5(13)14-9(15)17/h1-2,6-8,16H,3-4H2,(H,21,22)(H,23,24)(H2,13,14,17)(H2,18,19,20)/t6-,7+,8+,10?/m0/s1. The second kappa shape index (κ2) is 9.35. The highest BCUT2D eigenvalue weighted by molar-refractivity contribution is 9.09. The molecule has 178 valence electrons. The molecule has 6 atom stereocenters. The number of nitrogens with zero attached hydrogens (tertiary/aromatic N) is 2. The zero-order chi connectivity index (χ0) is 23.8. The van der Waals surface area contributed by atoms with Crippen molar-refractivity contribution in [2.24, 2.45) is 0 Å². The van der Waals surface area contributed by atoms with Crippen molar-refractivity contribution < 1.29 is 60.6 Å². The highest BCUT2D eigenvalue weighted by Gasteiger charge is 2.57. The van der Waals surface area contributed by atoms with Crippen molar-refractivity contribution in [1.29, 1.82) is 0 Å². The topological polar surface area (TPSA) is 250 Å². The predicted octanol–water partition coefficient (Wildman–Crippen LogP) is -0.470. The number of aliphatic hydroxyl groups excluding tert-OH is 1. The van der Waals surface area contributed by atoms with Crippen LogP contribution in [-0.2, 0) is 31.6 Å². The zero-order valence-electron chi connectivity index (χ0n) is 14.9. The Morgan fingerprint density at radius 3 is 2.39 bits per heavy atom. The van der Waals surface area contributed by atoms with Crippen molar-refractivity contribution >= 4 is 45.2 Å². The normalized spacial score (nSPS) is 30.6. The minimum absolute atomic E-state index is 0.172. The molecule has 0 aromatic carbocycles. The Morgan fingerprint density at radius 1 is 1.26 bits per heavy atom. The van der Waals surface area contributed by atoms with Crippen LogP contribution in [0, 0.1) is 0 Å². The van der Waals surface area contributed by atoms with Crippen LogP contribution in [0.4, 0.5) is 10.2 Å². The third-order valence-electron chi connectivity index (χ3n) is 3.71. The highest BCUT2D eigenvalue weighted by Crippen LogP contribution is 2.66. The molecule has 1 saturated heterocycles. The van der Waals surface area contributed by atoms with Gasteiger partial charge >= 0.3 is 29.2 Å². The average molecular weight is 578 g/mol. The zero-order valence-corrected chi connectivity index (χ0v) is 19.1. The van der Waals surface area contributed by atoms with Gasteiger partial charge < -0.3 is 35.2 Å². The lowest BCUT2D eigenvalue weighted by atomic mass is 9.99. The lowest BCUT2D eigenvalue weighted by Crippen LogP contribution is -2.47. The summed E-state index contributed by atoms with van der Waals surface area (Å²) in [5.41, 5.74) is 2.18. The maximum Gasteiger partial charge on any atom is 0.490 e. The van der Waals surface area contributed by atoms with Crippen LogP contribution in [0.3, 0.4) is 0 Å². The van der Waals surface area contributed by atoms with E-state index in [1.165, 1.54) is 0 Å². The Balaban J connectivity index is 2.20. The number of ether oxygens (including phenoxy) is 1. The summed E-state index contributed by atoms with van der Waals surface area (Å²) in [5, 5.41) is 9.81. The van der Waals surface area contributed by atoms with E-state index in [9.17, 15) is 32.9 Å². The molecule has 1 aromatic rings. The van der Waals surface area contributed by atoms with E-state index in [0.29, 0.717) is 4.57 Å². The van der Waals surface area contributed by atoms with Crippen LogP contribution in [0.1, 0.15) is 6.23 Å². The van der Waals surface area contributed by atoms with E-state index < -0.39 is 65.2 Å². The third kappa shape index (κ3) is 6.71. The molecule has 0 saturated carbocycles. The maximum atomic E-state index is 14.7. The van der Waals surface area contributed by atoms with Crippen LogP contribution < -0.4 is 11.4 Å². The van der Waals surface area contributed by atoms with Crippen LogP contribution in [0.25, 0.3) is 0 Å². The quantitative estimate of drug-likeness (QED) is 0.160. The molecular formula is C10H16BrFN3O13P3. The van der Waals surface area contributed by atoms with Crippen molar-refractivity contribution in [3.8, 4) is 0 Å². The van der Waals surface area contributed by atoms with Gasteiger partial charge in [-0.2, -0.15) is 13.6 Å². The number of phosphoric acid groups is 3. The average Bonchev–Trinajstić information content (AvgIpc) is 2.82. The first kappa shape index (κ1) is 26.7. The first-order valence-electron chi connectivity index (χ1n) is 7.70. The van der Waals surface area contributed by atoms with Gasteiger partial charge in [0, 0.05) is 11.5 Å². The van der Waals surface area contributed by atoms with Gasteiger partial charge in [-0.15, -0.1) is 0 Å². The number of halogens is 2. The number of rotatable bonds is 9. The molecule has 2 heterocycles. The van der Waals surface area contributed by atoms with E-state index in [-0.39, 0.29) is 5.82 Å². The highest BCUT2D eigenvalue weighted by atomic mass is 79.9. The summed E-state index contributed by atoms with van der Waals surface area (Å²) in [6.07, 6.45) is -5.07. The predicted molar refractivity (Wildman–Crippen MR) is 100 cm³/mol. The number of nitrogen functional groups attached to an aromatic ring is 1. The number of anilines is 1. The number of aliphatic hydroxyl groups is 1. The maximum absolute atomic E-state index is 14.7. The van der Waals surface area contributed by atoms with Crippen LogP contribution in [0.2, 0.25) is 0 Å². The van der Waals surface area contributed by atoms with Crippen LogP contribution in [-0.4, -0.2) is 64.0 Å². The summed E-state index contributed by atoms with van der Waals surface area (Å²) in [6, 6.07) is 1.14. The molecule has 1 fully saturated rings. The van der Waals surface area contributed by atoms with Gasteiger partial charge in [-0.05, 0) is 6.07 Å². The van der Waals surface area contributed by atoms with Gasteiger partial charge in [-0.25, -0.2) is 22.9 Å². The van der Waals surface area contributed by atoms with Gasteiger partial charge in [0.1, 0.15) is 17.5 Å². The Kier molecular flexibility index (Phi) is 8.04. The summed E-state index contributed by atoms with van der Waals surface area (Å²) < 4.78 is 66.1. The Labute approximate surface area is 180 Å². The fraction of sp³-hybridized carbons (Fsp3) is 0.600. The molecule has 0 bridgehead atoms. The van der Waals surface area contributed by atoms with Gasteiger partial charge in [0.25, 0.3) is 0 Å². The molecule has 21 heteroatoms. The number of alkyl halides is 2. The summed E-state index contributed by atoms with van der Waals surface area (Å²) in [7, 11) is -17.0. The molecular weight excluding hydrogens is 562 g/mol. The molecule has 2 rings (SSSR count). The smallest absolute Gasteiger partial charge is 0.387 e. The van der Waals surface area contributed by atoms with Crippen molar-refractivity contribution in [3.63, 3.8) is 0 Å². The monoisotopic (exact) mass is 577 g/mol. The molecule has 0 radical (unpaired) electrons. The lowest BCUT2D eigenvalue weighted by Gasteiger charge is -2.30. The molecule has 0 aliphatic carbocycles. The van der Waals surface area contributed by atoms with Gasteiger partial charge in [0.15, 0.2) is 12.4 Å². The molecule has 0 spiro atoms. The van der Waals surface area contributed by atoms with Crippen molar-refractivity contribution in [1.82, 2.24) is 9.55 Å². The van der Waals surface area contributed by atoms with Gasteiger partial charge in [0.05, 0.1) is 6.61 Å². The fourth-order valence-corrected chi connectivity index (χ4v) is 6.12. The van der Waals surface area contributed by atoms with E-state index >= 15 is 0 Å². The third-order valence-corrected chi connectivity index (χ3v) is 8.44. The van der Waals surface area contributed by atoms with E-state index in [4.69, 9.17) is 25.2 Å². The van der Waals surface area contributed by atoms with Gasteiger partial charge in [-0.1, -0.05) is 15.9 Å². The Bertz CT molecular complexity index is 1020. The van der Waals surface area contributed by atoms with Crippen molar-refractivity contribution in [2.45, 2.75) is 24.1 Å². The van der Waals surface area contributed by atoms with Crippen LogP contribution >= 0.6 is 39.4 Å². The second-order valence-corrected chi connectivity index (χ2v) is 11.0. The SMILES string of the molecule is Nc1ccn([C@@H]2OC(CBr)(COP(=O)(O)OP(=O)(O)OP(=O)(O)O)[C@H](O)[C@@H]2F)c(=O)n1. The fourth-order valence-electron chi connectivity index (χ4n) is 2.41. The molecule has 3 unspecified atom stereocenters. The number of hydrogen-bond donors (Lipinski definition) is 6. The first-order chi connectivity index (χ1) is 14.0. The lowest BCUT2D eigenvalue weighted by molar-refractivity contribution is -0.111. The minimum atomic E-state index is -5.78. The molecule has 16 nitrogen and oxygen atoms in total. The Hall–Kier alpha value is -0.580. The van der Waals surface area contributed by atoms with Crippen molar-refractivity contribution in [2.75, 3.05) is 17.7 Å². The van der Waals surface area contributed by atoms with Crippen molar-refractivity contribution in [3.05, 3.63) is 22.7 Å². The molecule has 1 aromatic heterocycles. The molecule has 1 aliphatic heterocycles. The molecule has 0 amide bonds. The molecule has 1 aliphatic rings. The van der Waals surface area contributed by atoms with E-state index in [1.54, 1.807) is 0 Å². The van der Waals surface area contributed by atoms with Crippen LogP contribution in [0.5, 0.6) is 0 Å². The first-order valence-corrected chi connectivity index (χ1v) is 13.3. The van der Waals surface area contributed by atoms with E-state index in [2.05, 4.69) is 34.1 Å². The molecule has 31 heavy (non-hydrogen) atoms. The Morgan fingerprint density at radius 2 is 1.87 bits per heavy atom. The summed E-state index contributed by atoms with van der Waals surface area (Å²) in [5.74, 6) is -0.172. The summed E-state index contributed by atoms with van der Waals surface area (Å²) in [4.78, 5) is 51.0. The van der Waals surface area contributed by atoms with Crippen LogP contribution in [0.15, 0.2) is 17.1 Å². The summed E-state index contributed by atoms with van der Waals surface area (Å²) in [6.45, 7) is -1.16.